The van der Waals surface area contributed by atoms with Crippen molar-refractivity contribution < 1.29 is 0 Å². The van der Waals surface area contributed by atoms with Crippen LogP contribution in [0.25, 0.3) is 0 Å². The maximum Gasteiger partial charge on any atom is 0.0519 e. The Morgan fingerprint density at radius 2 is 1.91 bits per heavy atom. The van der Waals surface area contributed by atoms with E-state index in [4.69, 9.17) is 0 Å². The first-order valence-electron chi connectivity index (χ1n) is 3.65. The van der Waals surface area contributed by atoms with Crippen LogP contribution in [-0.4, -0.2) is 5.45 Å². The van der Waals surface area contributed by atoms with Gasteiger partial charge in [-0.15, -0.1) is 0 Å². The van der Waals surface area contributed by atoms with E-state index in [2.05, 4.69) is 52.4 Å². The molecular weight excluding hydrogens is 202 g/mol. The Morgan fingerprint density at radius 3 is 2.45 bits per heavy atom. The van der Waals surface area contributed by atoms with Crippen molar-refractivity contribution in [1.29, 1.82) is 0 Å². The molecule has 0 fully saturated rings. The van der Waals surface area contributed by atoms with E-state index in [1.165, 1.54) is 11.1 Å². The second-order valence-electron chi connectivity index (χ2n) is 2.55. The average Bonchev–Trinajstić information content (AvgIpc) is 2.04. The molecule has 1 aromatic rings. The smallest absolute Gasteiger partial charge is 0.0519 e. The first kappa shape index (κ1) is 8.75. The Kier molecular flexibility index (Phi) is 3.60. The number of aryl methyl sites for hydroxylation is 1. The number of alkyl halides is 1. The van der Waals surface area contributed by atoms with Gasteiger partial charge in [0.05, 0.1) is 5.45 Å². The van der Waals surface area contributed by atoms with Crippen molar-refractivity contribution >= 4 is 15.9 Å². The lowest BCUT2D eigenvalue weighted by atomic mass is 10.1. The fourth-order valence-corrected chi connectivity index (χ4v) is 1.10. The molecule has 11 heavy (non-hydrogen) atoms. The van der Waals surface area contributed by atoms with Crippen LogP contribution in [0.5, 0.6) is 0 Å². The molecule has 0 unspecified atom stereocenters. The van der Waals surface area contributed by atoms with Gasteiger partial charge < -0.3 is 5.32 Å². The van der Waals surface area contributed by atoms with Crippen molar-refractivity contribution in [1.82, 2.24) is 5.32 Å². The van der Waals surface area contributed by atoms with E-state index in [0.29, 0.717) is 0 Å². The Balaban J connectivity index is 2.52. The van der Waals surface area contributed by atoms with E-state index in [0.717, 1.165) is 12.0 Å². The van der Waals surface area contributed by atoms with Crippen LogP contribution in [0, 0.1) is 6.92 Å². The number of rotatable bonds is 3. The Labute approximate surface area is 75.9 Å². The van der Waals surface area contributed by atoms with E-state index < -0.39 is 0 Å². The van der Waals surface area contributed by atoms with E-state index in [1.807, 2.05) is 0 Å². The molecule has 0 saturated carbocycles. The minimum Gasteiger partial charge on any atom is -0.303 e. The summed E-state index contributed by atoms with van der Waals surface area (Å²) >= 11 is 3.31. The third kappa shape index (κ3) is 3.04. The summed E-state index contributed by atoms with van der Waals surface area (Å²) in [7, 11) is 0. The predicted octanol–water partition coefficient (Wildman–Crippen LogP) is 2.44. The SMILES string of the molecule is Cc1ccc(CNCBr)cc1. The first-order chi connectivity index (χ1) is 5.33. The van der Waals surface area contributed by atoms with Gasteiger partial charge in [-0.05, 0) is 12.5 Å². The molecule has 0 aromatic heterocycles. The van der Waals surface area contributed by atoms with Crippen molar-refractivity contribution in [2.45, 2.75) is 13.5 Å². The van der Waals surface area contributed by atoms with Gasteiger partial charge in [0.1, 0.15) is 0 Å². The normalized spacial score (nSPS) is 10.0. The van der Waals surface area contributed by atoms with Crippen LogP contribution in [0.15, 0.2) is 24.3 Å². The predicted molar refractivity (Wildman–Crippen MR) is 51.8 cm³/mol. The fraction of sp³-hybridized carbons (Fsp3) is 0.333. The minimum atomic E-state index is 0.848. The maximum absolute atomic E-state index is 3.31. The zero-order chi connectivity index (χ0) is 8.10. The highest BCUT2D eigenvalue weighted by Gasteiger charge is 1.89. The molecule has 0 spiro atoms. The van der Waals surface area contributed by atoms with Gasteiger partial charge in [-0.25, -0.2) is 0 Å². The van der Waals surface area contributed by atoms with Crippen molar-refractivity contribution in [2.75, 3.05) is 5.45 Å². The third-order valence-electron chi connectivity index (χ3n) is 1.54. The molecular formula is C9H12BrN. The lowest BCUT2D eigenvalue weighted by Crippen LogP contribution is -2.09. The second-order valence-corrected chi connectivity index (χ2v) is 3.11. The number of hydrogen-bond acceptors (Lipinski definition) is 1. The van der Waals surface area contributed by atoms with Crippen LogP contribution in [0.2, 0.25) is 0 Å². The van der Waals surface area contributed by atoms with Crippen LogP contribution < -0.4 is 5.32 Å². The fourth-order valence-electron chi connectivity index (χ4n) is 0.898. The Hall–Kier alpha value is -0.340. The van der Waals surface area contributed by atoms with Gasteiger partial charge in [0, 0.05) is 6.54 Å². The summed E-state index contributed by atoms with van der Waals surface area (Å²) in [5.74, 6) is 0. The van der Waals surface area contributed by atoms with E-state index >= 15 is 0 Å². The first-order valence-corrected chi connectivity index (χ1v) is 4.77. The molecule has 0 aliphatic heterocycles. The lowest BCUT2D eigenvalue weighted by Gasteiger charge is -2.00. The van der Waals surface area contributed by atoms with Gasteiger partial charge in [0.25, 0.3) is 0 Å². The zero-order valence-corrected chi connectivity index (χ0v) is 8.19. The molecule has 0 atom stereocenters. The van der Waals surface area contributed by atoms with E-state index in [9.17, 15) is 0 Å². The number of nitrogens with one attached hydrogen (secondary N) is 1. The highest BCUT2D eigenvalue weighted by molar-refractivity contribution is 9.09. The van der Waals surface area contributed by atoms with Crippen LogP contribution in [0.4, 0.5) is 0 Å². The highest BCUT2D eigenvalue weighted by atomic mass is 79.9. The van der Waals surface area contributed by atoms with Gasteiger partial charge in [0.2, 0.25) is 0 Å². The van der Waals surface area contributed by atoms with Crippen molar-refractivity contribution in [3.05, 3.63) is 35.4 Å². The quantitative estimate of drug-likeness (QED) is 0.601. The van der Waals surface area contributed by atoms with Crippen molar-refractivity contribution in [3.63, 3.8) is 0 Å². The lowest BCUT2D eigenvalue weighted by molar-refractivity contribution is 0.802. The van der Waals surface area contributed by atoms with Gasteiger partial charge >= 0.3 is 0 Å². The van der Waals surface area contributed by atoms with Gasteiger partial charge in [0.15, 0.2) is 0 Å². The van der Waals surface area contributed by atoms with Crippen molar-refractivity contribution in [2.24, 2.45) is 0 Å². The molecule has 60 valence electrons. The van der Waals surface area contributed by atoms with E-state index in [-0.39, 0.29) is 0 Å². The van der Waals surface area contributed by atoms with Crippen LogP contribution in [0.1, 0.15) is 11.1 Å². The molecule has 0 saturated heterocycles. The maximum atomic E-state index is 3.31. The van der Waals surface area contributed by atoms with Gasteiger partial charge in [-0.3, -0.25) is 0 Å². The molecule has 0 radical (unpaired) electrons. The number of benzene rings is 1. The second kappa shape index (κ2) is 4.52. The summed E-state index contributed by atoms with van der Waals surface area (Å²) in [6.07, 6.45) is 0. The van der Waals surface area contributed by atoms with Crippen LogP contribution in [-0.2, 0) is 6.54 Å². The van der Waals surface area contributed by atoms with E-state index in [1.54, 1.807) is 0 Å². The Bertz CT molecular complexity index is 205. The summed E-state index contributed by atoms with van der Waals surface area (Å²) in [4.78, 5) is 0. The standard InChI is InChI=1S/C9H12BrN/c1-8-2-4-9(5-3-8)6-11-7-10/h2-5,11H,6-7H2,1H3. The molecule has 1 aromatic carbocycles. The van der Waals surface area contributed by atoms with Gasteiger partial charge in [-0.2, -0.15) is 0 Å². The topological polar surface area (TPSA) is 12.0 Å². The summed E-state index contributed by atoms with van der Waals surface area (Å²) in [6, 6.07) is 8.55. The average molecular weight is 214 g/mol. The summed E-state index contributed by atoms with van der Waals surface area (Å²) in [5.41, 5.74) is 3.49. The van der Waals surface area contributed by atoms with Gasteiger partial charge in [-0.1, -0.05) is 45.8 Å². The van der Waals surface area contributed by atoms with Crippen LogP contribution in [0.3, 0.4) is 0 Å². The molecule has 0 aliphatic rings. The minimum absolute atomic E-state index is 0.848. The summed E-state index contributed by atoms with van der Waals surface area (Å²) in [5, 5.41) is 3.20. The number of hydrogen-bond donors (Lipinski definition) is 1. The highest BCUT2D eigenvalue weighted by Crippen LogP contribution is 2.02. The molecule has 1 nitrogen and oxygen atoms in total. The molecule has 1 rings (SSSR count). The molecule has 0 aliphatic carbocycles. The molecule has 0 heterocycles. The molecule has 2 heteroatoms. The molecule has 0 amide bonds. The number of halogens is 1. The van der Waals surface area contributed by atoms with Crippen molar-refractivity contribution in [3.8, 4) is 0 Å². The summed E-state index contributed by atoms with van der Waals surface area (Å²) in [6.45, 7) is 3.03. The molecule has 0 bridgehead atoms. The Morgan fingerprint density at radius 1 is 1.27 bits per heavy atom. The van der Waals surface area contributed by atoms with Crippen LogP contribution >= 0.6 is 15.9 Å². The summed E-state index contributed by atoms with van der Waals surface area (Å²) < 4.78 is 0. The third-order valence-corrected chi connectivity index (χ3v) is 1.94. The zero-order valence-electron chi connectivity index (χ0n) is 6.60. The molecule has 1 N–H and O–H groups in total. The monoisotopic (exact) mass is 213 g/mol. The largest absolute Gasteiger partial charge is 0.303 e.